The number of halogens is 2. The Labute approximate surface area is 147 Å². The molecule has 10 heteroatoms. The number of piperidine rings is 1. The SMILES string of the molecule is O=C(O)c1cn(CC2CCCN(C(=O)Nc3ccc(F)c(F)c3)C2)nn1. The molecule has 1 unspecified atom stereocenters. The van der Waals surface area contributed by atoms with Crippen LogP contribution in [0.15, 0.2) is 24.4 Å². The molecule has 2 aromatic rings. The van der Waals surface area contributed by atoms with Crippen LogP contribution in [-0.2, 0) is 6.54 Å². The zero-order valence-corrected chi connectivity index (χ0v) is 13.7. The van der Waals surface area contributed by atoms with Gasteiger partial charge in [0, 0.05) is 31.4 Å². The molecule has 1 fully saturated rings. The second-order valence-corrected chi connectivity index (χ2v) is 6.14. The van der Waals surface area contributed by atoms with Crippen LogP contribution in [0.1, 0.15) is 23.3 Å². The molecular formula is C16H17F2N5O3. The fourth-order valence-electron chi connectivity index (χ4n) is 2.93. The number of hydrogen-bond donors (Lipinski definition) is 2. The molecule has 0 aliphatic carbocycles. The summed E-state index contributed by atoms with van der Waals surface area (Å²) in [5.41, 5.74) is 0.0483. The lowest BCUT2D eigenvalue weighted by Crippen LogP contribution is -2.43. The van der Waals surface area contributed by atoms with Crippen molar-refractivity contribution in [2.45, 2.75) is 19.4 Å². The highest BCUT2D eigenvalue weighted by Gasteiger charge is 2.25. The Morgan fingerprint density at radius 3 is 2.81 bits per heavy atom. The number of carbonyl (C=O) groups is 2. The van der Waals surface area contributed by atoms with Crippen LogP contribution >= 0.6 is 0 Å². The third-order valence-electron chi connectivity index (χ3n) is 4.18. The van der Waals surface area contributed by atoms with Gasteiger partial charge >= 0.3 is 12.0 Å². The average Bonchev–Trinajstić information content (AvgIpc) is 3.07. The second-order valence-electron chi connectivity index (χ2n) is 6.14. The molecule has 26 heavy (non-hydrogen) atoms. The monoisotopic (exact) mass is 365 g/mol. The van der Waals surface area contributed by atoms with E-state index in [0.29, 0.717) is 19.6 Å². The zero-order valence-electron chi connectivity index (χ0n) is 13.7. The molecule has 0 radical (unpaired) electrons. The Morgan fingerprint density at radius 1 is 1.31 bits per heavy atom. The highest BCUT2D eigenvalue weighted by atomic mass is 19.2. The lowest BCUT2D eigenvalue weighted by atomic mass is 9.98. The molecule has 1 aromatic heterocycles. The van der Waals surface area contributed by atoms with E-state index in [0.717, 1.165) is 25.0 Å². The van der Waals surface area contributed by atoms with Gasteiger partial charge in [0.25, 0.3) is 0 Å². The minimum Gasteiger partial charge on any atom is -0.476 e. The Hall–Kier alpha value is -3.04. The topological polar surface area (TPSA) is 100 Å². The summed E-state index contributed by atoms with van der Waals surface area (Å²) in [7, 11) is 0. The molecule has 0 saturated carbocycles. The van der Waals surface area contributed by atoms with Crippen LogP contribution in [0.4, 0.5) is 19.3 Å². The van der Waals surface area contributed by atoms with Crippen molar-refractivity contribution < 1.29 is 23.5 Å². The lowest BCUT2D eigenvalue weighted by molar-refractivity contribution is 0.0690. The highest BCUT2D eigenvalue weighted by molar-refractivity contribution is 5.89. The van der Waals surface area contributed by atoms with Crippen LogP contribution in [-0.4, -0.2) is 50.1 Å². The summed E-state index contributed by atoms with van der Waals surface area (Å²) in [6.45, 7) is 1.43. The number of hydrogen-bond acceptors (Lipinski definition) is 4. The summed E-state index contributed by atoms with van der Waals surface area (Å²) in [6.07, 6.45) is 2.98. The summed E-state index contributed by atoms with van der Waals surface area (Å²) in [6, 6.07) is 2.78. The first kappa shape index (κ1) is 17.8. The Kier molecular flexibility index (Phi) is 5.10. The van der Waals surface area contributed by atoms with Gasteiger partial charge in [-0.3, -0.25) is 4.68 Å². The fourth-order valence-corrected chi connectivity index (χ4v) is 2.93. The van der Waals surface area contributed by atoms with Gasteiger partial charge in [-0.2, -0.15) is 0 Å². The highest BCUT2D eigenvalue weighted by Crippen LogP contribution is 2.20. The van der Waals surface area contributed by atoms with Crippen molar-refractivity contribution in [3.05, 3.63) is 41.7 Å². The normalized spacial score (nSPS) is 17.2. The maximum atomic E-state index is 13.2. The van der Waals surface area contributed by atoms with Crippen LogP contribution in [0.2, 0.25) is 0 Å². The molecule has 0 spiro atoms. The number of benzene rings is 1. The molecule has 138 valence electrons. The number of amides is 2. The van der Waals surface area contributed by atoms with Gasteiger partial charge in [0.1, 0.15) is 0 Å². The number of carboxylic acid groups (broad SMARTS) is 1. The molecule has 8 nitrogen and oxygen atoms in total. The van der Waals surface area contributed by atoms with Gasteiger partial charge in [-0.25, -0.2) is 18.4 Å². The van der Waals surface area contributed by atoms with Crippen LogP contribution in [0, 0.1) is 17.6 Å². The van der Waals surface area contributed by atoms with E-state index in [9.17, 15) is 18.4 Å². The average molecular weight is 365 g/mol. The minimum absolute atomic E-state index is 0.0859. The number of nitrogens with one attached hydrogen (secondary N) is 1. The first-order chi connectivity index (χ1) is 12.4. The number of carboxylic acids is 1. The molecule has 1 aliphatic rings. The van der Waals surface area contributed by atoms with Gasteiger partial charge in [0.15, 0.2) is 17.3 Å². The fraction of sp³-hybridized carbons (Fsp3) is 0.375. The molecule has 2 N–H and O–H groups in total. The second kappa shape index (κ2) is 7.46. The molecule has 2 heterocycles. The quantitative estimate of drug-likeness (QED) is 0.865. The number of urea groups is 1. The third-order valence-corrected chi connectivity index (χ3v) is 4.18. The van der Waals surface area contributed by atoms with E-state index >= 15 is 0 Å². The summed E-state index contributed by atoms with van der Waals surface area (Å²) < 4.78 is 27.6. The first-order valence-corrected chi connectivity index (χ1v) is 8.07. The number of anilines is 1. The van der Waals surface area contributed by atoms with Crippen molar-refractivity contribution in [3.63, 3.8) is 0 Å². The van der Waals surface area contributed by atoms with Crippen molar-refractivity contribution in [3.8, 4) is 0 Å². The molecule has 2 amide bonds. The van der Waals surface area contributed by atoms with Crippen LogP contribution in [0.3, 0.4) is 0 Å². The summed E-state index contributed by atoms with van der Waals surface area (Å²) in [5, 5.41) is 18.8. The van der Waals surface area contributed by atoms with Gasteiger partial charge in [-0.05, 0) is 30.9 Å². The standard InChI is InChI=1S/C16H17F2N5O3/c17-12-4-3-11(6-13(12)18)19-16(26)22-5-1-2-10(7-22)8-23-9-14(15(24)25)20-21-23/h3-4,6,9-10H,1-2,5,7-8H2,(H,19,26)(H,24,25). The molecule has 1 aromatic carbocycles. The van der Waals surface area contributed by atoms with E-state index in [1.165, 1.54) is 16.9 Å². The summed E-state index contributed by atoms with van der Waals surface area (Å²) in [4.78, 5) is 24.8. The van der Waals surface area contributed by atoms with Crippen LogP contribution in [0.25, 0.3) is 0 Å². The van der Waals surface area contributed by atoms with Gasteiger partial charge in [0.2, 0.25) is 0 Å². The molecule has 1 atom stereocenters. The number of likely N-dealkylation sites (tertiary alicyclic amines) is 1. The van der Waals surface area contributed by atoms with E-state index in [1.54, 1.807) is 4.90 Å². The van der Waals surface area contributed by atoms with Gasteiger partial charge in [-0.1, -0.05) is 5.21 Å². The largest absolute Gasteiger partial charge is 0.476 e. The van der Waals surface area contributed by atoms with E-state index in [4.69, 9.17) is 5.11 Å². The number of rotatable bonds is 4. The Morgan fingerprint density at radius 2 is 2.12 bits per heavy atom. The summed E-state index contributed by atoms with van der Waals surface area (Å²) >= 11 is 0. The van der Waals surface area contributed by atoms with Crippen LogP contribution in [0.5, 0.6) is 0 Å². The predicted octanol–water partition coefficient (Wildman–Crippen LogP) is 2.20. The van der Waals surface area contributed by atoms with Gasteiger partial charge < -0.3 is 15.3 Å². The van der Waals surface area contributed by atoms with Crippen molar-refractivity contribution in [2.75, 3.05) is 18.4 Å². The molecule has 1 saturated heterocycles. The van der Waals surface area contributed by atoms with E-state index in [-0.39, 0.29) is 17.3 Å². The van der Waals surface area contributed by atoms with Crippen molar-refractivity contribution in [1.82, 2.24) is 19.9 Å². The van der Waals surface area contributed by atoms with E-state index in [1.807, 2.05) is 0 Å². The Bertz CT molecular complexity index is 826. The molecular weight excluding hydrogens is 348 g/mol. The smallest absolute Gasteiger partial charge is 0.358 e. The molecule has 1 aliphatic heterocycles. The first-order valence-electron chi connectivity index (χ1n) is 8.07. The number of nitrogens with zero attached hydrogens (tertiary/aromatic N) is 4. The Balaban J connectivity index is 1.59. The third kappa shape index (κ3) is 4.13. The maximum Gasteiger partial charge on any atom is 0.358 e. The van der Waals surface area contributed by atoms with Crippen molar-refractivity contribution in [1.29, 1.82) is 0 Å². The van der Waals surface area contributed by atoms with Crippen molar-refractivity contribution in [2.24, 2.45) is 5.92 Å². The van der Waals surface area contributed by atoms with Gasteiger partial charge in [-0.15, -0.1) is 5.10 Å². The summed E-state index contributed by atoms with van der Waals surface area (Å²) in [5.74, 6) is -3.07. The lowest BCUT2D eigenvalue weighted by Gasteiger charge is -2.32. The molecule has 0 bridgehead atoms. The number of carbonyl (C=O) groups excluding carboxylic acids is 1. The number of aromatic carboxylic acids is 1. The van der Waals surface area contributed by atoms with Gasteiger partial charge in [0.05, 0.1) is 6.20 Å². The van der Waals surface area contributed by atoms with E-state index < -0.39 is 23.6 Å². The van der Waals surface area contributed by atoms with Crippen molar-refractivity contribution >= 4 is 17.7 Å². The minimum atomic E-state index is -1.15. The zero-order chi connectivity index (χ0) is 18.7. The van der Waals surface area contributed by atoms with Crippen LogP contribution < -0.4 is 5.32 Å². The maximum absolute atomic E-state index is 13.2. The van der Waals surface area contributed by atoms with E-state index in [2.05, 4.69) is 15.6 Å². The number of aromatic nitrogens is 3. The molecule has 3 rings (SSSR count). The predicted molar refractivity (Wildman–Crippen MR) is 86.7 cm³/mol.